The Morgan fingerprint density at radius 2 is 1.94 bits per heavy atom. The van der Waals surface area contributed by atoms with Crippen LogP contribution in [0.3, 0.4) is 0 Å². The van der Waals surface area contributed by atoms with E-state index >= 15 is 0 Å². The van der Waals surface area contributed by atoms with Crippen LogP contribution >= 0.6 is 11.3 Å². The topological polar surface area (TPSA) is 82.7 Å². The van der Waals surface area contributed by atoms with E-state index in [0.29, 0.717) is 23.0 Å². The Labute approximate surface area is 185 Å². The monoisotopic (exact) mass is 439 g/mol. The van der Waals surface area contributed by atoms with Crippen molar-refractivity contribution in [2.24, 2.45) is 0 Å². The number of carbonyl (C=O) groups excluding carboxylic acids is 1. The summed E-state index contributed by atoms with van der Waals surface area (Å²) >= 11 is 1.61. The van der Waals surface area contributed by atoms with Crippen LogP contribution in [0.5, 0.6) is 0 Å². The maximum atomic E-state index is 13.4. The van der Waals surface area contributed by atoms with Gasteiger partial charge in [-0.1, -0.05) is 13.8 Å². The minimum Gasteiger partial charge on any atom is -0.310 e. The fourth-order valence-electron chi connectivity index (χ4n) is 3.27. The van der Waals surface area contributed by atoms with Crippen LogP contribution in [0, 0.1) is 31.0 Å². The van der Waals surface area contributed by atoms with Gasteiger partial charge in [-0.25, -0.2) is 9.37 Å². The van der Waals surface area contributed by atoms with Crippen molar-refractivity contribution in [1.82, 2.24) is 14.9 Å². The zero-order chi connectivity index (χ0) is 22.7. The zero-order valence-electron chi connectivity index (χ0n) is 18.3. The summed E-state index contributed by atoms with van der Waals surface area (Å²) in [5, 5.41) is 18.8. The second-order valence-electron chi connectivity index (χ2n) is 7.77. The van der Waals surface area contributed by atoms with E-state index in [-0.39, 0.29) is 24.3 Å². The molecule has 6 nitrogen and oxygen atoms in total. The summed E-state index contributed by atoms with van der Waals surface area (Å²) in [6, 6.07) is 8.03. The predicted molar refractivity (Wildman–Crippen MR) is 121 cm³/mol. The van der Waals surface area contributed by atoms with Gasteiger partial charge in [0.25, 0.3) is 0 Å². The highest BCUT2D eigenvalue weighted by Crippen LogP contribution is 2.30. The molecule has 0 spiro atoms. The van der Waals surface area contributed by atoms with Crippen molar-refractivity contribution in [1.29, 1.82) is 5.26 Å². The van der Waals surface area contributed by atoms with E-state index in [1.165, 1.54) is 12.1 Å². The molecule has 1 unspecified atom stereocenters. The van der Waals surface area contributed by atoms with Crippen molar-refractivity contribution in [2.75, 3.05) is 11.9 Å². The summed E-state index contributed by atoms with van der Waals surface area (Å²) in [6.45, 7) is 9.92. The fraction of sp³-hybridized carbons (Fsp3) is 0.348. The lowest BCUT2D eigenvalue weighted by Gasteiger charge is -2.15. The van der Waals surface area contributed by atoms with E-state index in [0.717, 1.165) is 22.0 Å². The third-order valence-corrected chi connectivity index (χ3v) is 6.38. The molecule has 0 saturated heterocycles. The minimum atomic E-state index is -0.350. The number of rotatable bonds is 7. The average molecular weight is 440 g/mol. The molecule has 8 heteroatoms. The quantitative estimate of drug-likeness (QED) is 0.544. The number of carbonyl (C=O) groups is 1. The van der Waals surface area contributed by atoms with Crippen LogP contribution in [0.2, 0.25) is 0 Å². The number of nitriles is 1. The van der Waals surface area contributed by atoms with E-state index in [9.17, 15) is 14.4 Å². The maximum absolute atomic E-state index is 13.4. The van der Waals surface area contributed by atoms with Crippen LogP contribution in [0.1, 0.15) is 60.3 Å². The second kappa shape index (κ2) is 9.41. The SMILES string of the molecule is Cc1c(C#N)c(NC(=O)CNC(C)c2csc(C(C)C)n2)n(-c2ccc(F)cc2)c1C. The Morgan fingerprint density at radius 3 is 2.52 bits per heavy atom. The molecule has 0 bridgehead atoms. The Morgan fingerprint density at radius 1 is 1.26 bits per heavy atom. The van der Waals surface area contributed by atoms with Gasteiger partial charge >= 0.3 is 0 Å². The summed E-state index contributed by atoms with van der Waals surface area (Å²) in [4.78, 5) is 17.3. The lowest BCUT2D eigenvalue weighted by atomic mass is 10.2. The summed E-state index contributed by atoms with van der Waals surface area (Å²) < 4.78 is 15.1. The van der Waals surface area contributed by atoms with Crippen molar-refractivity contribution >= 4 is 23.1 Å². The second-order valence-corrected chi connectivity index (χ2v) is 8.66. The molecule has 3 aromatic rings. The van der Waals surface area contributed by atoms with Gasteiger partial charge in [0.1, 0.15) is 17.7 Å². The molecule has 1 aromatic carbocycles. The third kappa shape index (κ3) is 4.84. The van der Waals surface area contributed by atoms with Gasteiger partial charge in [-0.3, -0.25) is 9.36 Å². The molecule has 0 radical (unpaired) electrons. The molecule has 2 heterocycles. The highest BCUT2D eigenvalue weighted by molar-refractivity contribution is 7.09. The van der Waals surface area contributed by atoms with Crippen LogP contribution in [0.25, 0.3) is 5.69 Å². The molecule has 3 rings (SSSR count). The van der Waals surface area contributed by atoms with Gasteiger partial charge in [0.15, 0.2) is 0 Å². The highest BCUT2D eigenvalue weighted by atomic mass is 32.1. The predicted octanol–water partition coefficient (Wildman–Crippen LogP) is 4.97. The standard InChI is InChI=1S/C23H26FN5OS/c1-13(2)23-27-20(12-31-23)15(4)26-11-21(30)28-22-19(10-25)14(3)16(5)29(22)18-8-6-17(24)7-9-18/h6-9,12-13,15,26H,11H2,1-5H3,(H,28,30). The maximum Gasteiger partial charge on any atom is 0.239 e. The first kappa shape index (κ1) is 22.7. The van der Waals surface area contributed by atoms with E-state index in [1.807, 2.05) is 26.2 Å². The van der Waals surface area contributed by atoms with Crippen LogP contribution in [0.4, 0.5) is 10.2 Å². The summed E-state index contributed by atoms with van der Waals surface area (Å²) in [5.74, 6) is 0.129. The van der Waals surface area contributed by atoms with Gasteiger partial charge in [-0.05, 0) is 50.6 Å². The summed E-state index contributed by atoms with van der Waals surface area (Å²) in [5.41, 5.74) is 3.55. The van der Waals surface area contributed by atoms with Crippen LogP contribution in [-0.4, -0.2) is 22.0 Å². The average Bonchev–Trinajstić information content (AvgIpc) is 3.32. The molecule has 0 aliphatic carbocycles. The third-order valence-electron chi connectivity index (χ3n) is 5.21. The van der Waals surface area contributed by atoms with Gasteiger partial charge in [-0.2, -0.15) is 5.26 Å². The molecule has 0 fully saturated rings. The normalized spacial score (nSPS) is 12.1. The molecule has 0 aliphatic heterocycles. The number of aromatic nitrogens is 2. The molecule has 1 amide bonds. The highest BCUT2D eigenvalue weighted by Gasteiger charge is 2.21. The van der Waals surface area contributed by atoms with Crippen LogP contribution in [0.15, 0.2) is 29.6 Å². The minimum absolute atomic E-state index is 0.0628. The first-order valence-corrected chi connectivity index (χ1v) is 11.0. The van der Waals surface area contributed by atoms with Crippen molar-refractivity contribution in [3.05, 3.63) is 63.0 Å². The number of hydrogen-bond acceptors (Lipinski definition) is 5. The number of thiazole rings is 1. The van der Waals surface area contributed by atoms with Gasteiger partial charge in [0, 0.05) is 28.7 Å². The fourth-order valence-corrected chi connectivity index (χ4v) is 4.19. The molecule has 1 atom stereocenters. The number of anilines is 1. The Balaban J connectivity index is 1.78. The molecular weight excluding hydrogens is 413 g/mol. The van der Waals surface area contributed by atoms with E-state index < -0.39 is 0 Å². The van der Waals surface area contributed by atoms with Gasteiger partial charge < -0.3 is 10.6 Å². The van der Waals surface area contributed by atoms with E-state index in [2.05, 4.69) is 35.5 Å². The van der Waals surface area contributed by atoms with Crippen molar-refractivity contribution in [2.45, 2.75) is 46.6 Å². The first-order chi connectivity index (χ1) is 14.7. The van der Waals surface area contributed by atoms with E-state index in [4.69, 9.17) is 0 Å². The largest absolute Gasteiger partial charge is 0.310 e. The Bertz CT molecular complexity index is 1120. The molecule has 162 valence electrons. The zero-order valence-corrected chi connectivity index (χ0v) is 19.1. The molecule has 0 saturated carbocycles. The number of nitrogens with one attached hydrogen (secondary N) is 2. The molecule has 0 aliphatic rings. The number of hydrogen-bond donors (Lipinski definition) is 2. The molecular formula is C23H26FN5OS. The van der Waals surface area contributed by atoms with Crippen molar-refractivity contribution in [3.8, 4) is 11.8 Å². The van der Waals surface area contributed by atoms with Crippen molar-refractivity contribution < 1.29 is 9.18 Å². The molecule has 31 heavy (non-hydrogen) atoms. The number of benzene rings is 1. The van der Waals surface area contributed by atoms with Crippen LogP contribution < -0.4 is 10.6 Å². The van der Waals surface area contributed by atoms with Crippen molar-refractivity contribution in [3.63, 3.8) is 0 Å². The van der Waals surface area contributed by atoms with Gasteiger partial charge in [-0.15, -0.1) is 11.3 Å². The molecule has 2 aromatic heterocycles. The summed E-state index contributed by atoms with van der Waals surface area (Å²) in [7, 11) is 0. The Hall–Kier alpha value is -3.02. The number of amides is 1. The van der Waals surface area contributed by atoms with Gasteiger partial charge in [0.05, 0.1) is 22.8 Å². The van der Waals surface area contributed by atoms with Crippen LogP contribution in [-0.2, 0) is 4.79 Å². The first-order valence-electron chi connectivity index (χ1n) is 10.1. The lowest BCUT2D eigenvalue weighted by Crippen LogP contribution is -2.31. The molecule has 2 N–H and O–H groups in total. The summed E-state index contributed by atoms with van der Waals surface area (Å²) in [6.07, 6.45) is 0. The number of nitrogens with zero attached hydrogens (tertiary/aromatic N) is 3. The van der Waals surface area contributed by atoms with Gasteiger partial charge in [0.2, 0.25) is 5.91 Å². The number of halogens is 1. The lowest BCUT2D eigenvalue weighted by molar-refractivity contribution is -0.115. The Kier molecular flexibility index (Phi) is 6.88. The van der Waals surface area contributed by atoms with E-state index in [1.54, 1.807) is 28.0 Å². The smallest absolute Gasteiger partial charge is 0.239 e.